The van der Waals surface area contributed by atoms with E-state index in [9.17, 15) is 0 Å². The molecule has 0 N–H and O–H groups in total. The Bertz CT molecular complexity index is 109. The van der Waals surface area contributed by atoms with Crippen LogP contribution in [-0.4, -0.2) is 6.15 Å². The third-order valence-corrected chi connectivity index (χ3v) is 7.17. The Morgan fingerprint density at radius 1 is 1.14 bits per heavy atom. The van der Waals surface area contributed by atoms with E-state index in [0.29, 0.717) is 0 Å². The molecule has 0 unspecified atom stereocenters. The van der Waals surface area contributed by atoms with Crippen molar-refractivity contribution in [1.82, 2.24) is 0 Å². The molecule has 0 saturated carbocycles. The van der Waals surface area contributed by atoms with Gasteiger partial charge in [0, 0.05) is 0 Å². The average molecular weight is 566 g/mol. The Balaban J connectivity index is 4.47. The minimum atomic E-state index is -1.11. The maximum absolute atomic E-state index is 2.49. The van der Waals surface area contributed by atoms with Gasteiger partial charge < -0.3 is 0 Å². The predicted octanol–water partition coefficient (Wildman–Crippen LogP) is 4.39. The molecule has 0 fully saturated rings. The molecule has 0 nitrogen and oxygen atoms in total. The Morgan fingerprint density at radius 3 is 1.29 bits per heavy atom. The van der Waals surface area contributed by atoms with E-state index in [1.165, 1.54) is 0 Å². The SMILES string of the molecule is CB=S(I)(I)(I)I. The molecule has 0 heterocycles. The molecule has 0 aromatic carbocycles. The van der Waals surface area contributed by atoms with Gasteiger partial charge in [-0.05, 0) is 0 Å². The first-order valence-electron chi connectivity index (χ1n) is 1.43. The summed E-state index contributed by atoms with van der Waals surface area (Å²) >= 11 is 9.95. The Labute approximate surface area is 92.7 Å². The molecule has 0 atom stereocenters. The molecule has 0 radical (unpaired) electrons. The van der Waals surface area contributed by atoms with Gasteiger partial charge >= 0.3 is 95.1 Å². The van der Waals surface area contributed by atoms with E-state index < -0.39 is -2.73 Å². The number of hydrogen-bond donors (Lipinski definition) is 0. The Hall–Kier alpha value is 3.33. The van der Waals surface area contributed by atoms with Crippen LogP contribution in [0.25, 0.3) is 0 Å². The molecule has 0 rings (SSSR count). The van der Waals surface area contributed by atoms with Crippen LogP contribution in [0.15, 0.2) is 0 Å². The Kier molecular flexibility index (Phi) is 4.66. The van der Waals surface area contributed by atoms with E-state index in [4.69, 9.17) is 0 Å². The summed E-state index contributed by atoms with van der Waals surface area (Å²) in [5.74, 6) is 0. The Morgan fingerprint density at radius 2 is 1.29 bits per heavy atom. The van der Waals surface area contributed by atoms with Gasteiger partial charge in [-0.3, -0.25) is 0 Å². The number of hydrogen-bond acceptors (Lipinski definition) is 0. The van der Waals surface area contributed by atoms with Gasteiger partial charge in [-0.15, -0.1) is 0 Å². The predicted molar refractivity (Wildman–Crippen MR) is 75.3 cm³/mol. The zero-order valence-electron chi connectivity index (χ0n) is 3.50. The maximum atomic E-state index is 2.49. The molecule has 0 saturated heterocycles. The standard InChI is InChI=1S/CH3BI4S/c1-2-7(3,4,5)6/h1H3. The summed E-state index contributed by atoms with van der Waals surface area (Å²) in [4.78, 5) is 0. The summed E-state index contributed by atoms with van der Waals surface area (Å²) in [6, 6.07) is 0. The summed E-state index contributed by atoms with van der Waals surface area (Å²) in [5, 5.41) is 0. The van der Waals surface area contributed by atoms with Crippen molar-refractivity contribution in [2.45, 2.75) is 6.82 Å². The molecule has 0 aliphatic heterocycles. The van der Waals surface area contributed by atoms with Gasteiger partial charge in [0.1, 0.15) is 0 Å². The van der Waals surface area contributed by atoms with Gasteiger partial charge in [0.05, 0.1) is 0 Å². The van der Waals surface area contributed by atoms with Crippen molar-refractivity contribution in [1.29, 1.82) is 0 Å². The first-order valence-corrected chi connectivity index (χ1v) is 13.7. The van der Waals surface area contributed by atoms with Gasteiger partial charge in [-0.25, -0.2) is 0 Å². The van der Waals surface area contributed by atoms with E-state index in [1.54, 1.807) is 0 Å². The number of rotatable bonds is 0. The van der Waals surface area contributed by atoms with Crippen molar-refractivity contribution < 1.29 is 0 Å². The van der Waals surface area contributed by atoms with Crippen LogP contribution < -0.4 is 0 Å². The van der Waals surface area contributed by atoms with Crippen LogP contribution in [0.1, 0.15) is 0 Å². The fourth-order valence-corrected chi connectivity index (χ4v) is 0. The molecule has 6 heteroatoms. The third kappa shape index (κ3) is 9.33. The molecular formula is CH3BI4S. The summed E-state index contributed by atoms with van der Waals surface area (Å²) in [6.45, 7) is 2.11. The molecule has 0 aliphatic carbocycles. The molecular weight excluding hydrogens is 563 g/mol. The van der Waals surface area contributed by atoms with Crippen molar-refractivity contribution in [3.05, 3.63) is 0 Å². The average Bonchev–Trinajstić information content (AvgIpc) is 1.32. The van der Waals surface area contributed by atoms with Gasteiger partial charge in [-0.2, -0.15) is 0 Å². The minimum absolute atomic E-state index is 1.11. The van der Waals surface area contributed by atoms with Crippen LogP contribution in [0.4, 0.5) is 0 Å². The second-order valence-electron chi connectivity index (χ2n) is 0.942. The second kappa shape index (κ2) is 3.16. The second-order valence-corrected chi connectivity index (χ2v) is 55.1. The zero-order valence-corrected chi connectivity index (χ0v) is 12.9. The quantitative estimate of drug-likeness (QED) is 0.302. The molecule has 0 aromatic heterocycles. The molecule has 0 spiro atoms. The van der Waals surface area contributed by atoms with Crippen LogP contribution in [0.3, 0.4) is 0 Å². The van der Waals surface area contributed by atoms with E-state index in [2.05, 4.69) is 97.8 Å². The van der Waals surface area contributed by atoms with Crippen molar-refractivity contribution >= 4 is 88.3 Å². The molecule has 0 bridgehead atoms. The molecule has 7 heavy (non-hydrogen) atoms. The van der Waals surface area contributed by atoms with E-state index in [0.717, 1.165) is 0 Å². The molecule has 44 valence electrons. The molecule has 0 aromatic rings. The van der Waals surface area contributed by atoms with Crippen molar-refractivity contribution in [2.24, 2.45) is 0 Å². The van der Waals surface area contributed by atoms with Crippen LogP contribution in [-0.2, 0) is 0 Å². The number of halogens is 4. The first kappa shape index (κ1) is 10.3. The van der Waals surface area contributed by atoms with E-state index in [1.807, 2.05) is 0 Å². The monoisotopic (exact) mass is 566 g/mol. The fraction of sp³-hybridized carbons (Fsp3) is 1.00. The van der Waals surface area contributed by atoms with Gasteiger partial charge in [0.25, 0.3) is 0 Å². The van der Waals surface area contributed by atoms with Crippen LogP contribution >= 0.6 is 82.1 Å². The van der Waals surface area contributed by atoms with Crippen LogP contribution in [0.5, 0.6) is 0 Å². The van der Waals surface area contributed by atoms with Crippen LogP contribution in [0.2, 0.25) is 6.82 Å². The van der Waals surface area contributed by atoms with Crippen molar-refractivity contribution in [3.63, 3.8) is 0 Å². The topological polar surface area (TPSA) is 0 Å². The summed E-state index contributed by atoms with van der Waals surface area (Å²) in [7, 11) is 0. The van der Waals surface area contributed by atoms with Crippen molar-refractivity contribution in [2.75, 3.05) is 0 Å². The molecule has 0 aliphatic rings. The third-order valence-electron chi connectivity index (χ3n) is 0.356. The molecule has 0 amide bonds. The fourth-order valence-electron chi connectivity index (χ4n) is 0. The van der Waals surface area contributed by atoms with Gasteiger partial charge in [-0.1, -0.05) is 0 Å². The summed E-state index contributed by atoms with van der Waals surface area (Å²) < 4.78 is -1.11. The normalized spacial score (nSPS) is 17.0. The van der Waals surface area contributed by atoms with E-state index in [-0.39, 0.29) is 0 Å². The summed E-state index contributed by atoms with van der Waals surface area (Å²) in [5.41, 5.74) is 0. The van der Waals surface area contributed by atoms with E-state index >= 15 is 0 Å². The zero-order chi connectivity index (χ0) is 6.15. The van der Waals surface area contributed by atoms with Crippen LogP contribution in [0, 0.1) is 0 Å². The first-order chi connectivity index (χ1) is 2.81. The van der Waals surface area contributed by atoms with Crippen molar-refractivity contribution in [3.8, 4) is 0 Å². The van der Waals surface area contributed by atoms with Gasteiger partial charge in [0.2, 0.25) is 0 Å². The van der Waals surface area contributed by atoms with Gasteiger partial charge in [0.15, 0.2) is 0 Å². The summed E-state index contributed by atoms with van der Waals surface area (Å²) in [6.07, 6.45) is 2.26.